The van der Waals surface area contributed by atoms with Gasteiger partial charge in [0.2, 0.25) is 5.75 Å². The maximum absolute atomic E-state index is 11.2. The number of hydrogen-bond donors (Lipinski definition) is 3. The van der Waals surface area contributed by atoms with Crippen molar-refractivity contribution in [3.63, 3.8) is 0 Å². The average Bonchev–Trinajstić information content (AvgIpc) is 2.40. The molecule has 0 fully saturated rings. The first kappa shape index (κ1) is 15.5. The number of aromatic hydroxyl groups is 1. The van der Waals surface area contributed by atoms with Crippen molar-refractivity contribution in [1.29, 1.82) is 0 Å². The summed E-state index contributed by atoms with van der Waals surface area (Å²) in [6.07, 6.45) is 0. The van der Waals surface area contributed by atoms with Crippen LogP contribution in [0.15, 0.2) is 36.4 Å². The maximum Gasteiger partial charge on any atom is 0.356 e. The third-order valence-electron chi connectivity index (χ3n) is 2.74. The molecule has 0 amide bonds. The van der Waals surface area contributed by atoms with Gasteiger partial charge in [-0.2, -0.15) is 0 Å². The van der Waals surface area contributed by atoms with Gasteiger partial charge in [-0.05, 0) is 23.8 Å². The van der Waals surface area contributed by atoms with Gasteiger partial charge in [-0.1, -0.05) is 23.7 Å². The van der Waals surface area contributed by atoms with Crippen LogP contribution in [0.1, 0.15) is 0 Å². The van der Waals surface area contributed by atoms with E-state index in [1.165, 1.54) is 24.3 Å². The summed E-state index contributed by atoms with van der Waals surface area (Å²) in [6, 6.07) is 7.47. The molecule has 0 radical (unpaired) electrons. The predicted octanol–water partition coefficient (Wildman–Crippen LogP) is 2.42. The quantitative estimate of drug-likeness (QED) is 0.452. The molecule has 2 aromatic carbocycles. The normalized spacial score (nSPS) is 11.4. The van der Waals surface area contributed by atoms with Gasteiger partial charge in [0.25, 0.3) is 0 Å². The Morgan fingerprint density at radius 1 is 1.19 bits per heavy atom. The van der Waals surface area contributed by atoms with Crippen molar-refractivity contribution in [2.24, 2.45) is 0 Å². The van der Waals surface area contributed by atoms with Crippen LogP contribution in [0.3, 0.4) is 0 Å². The molecule has 110 valence electrons. The Balaban J connectivity index is 2.68. The zero-order valence-corrected chi connectivity index (χ0v) is 12.0. The molecule has 0 heterocycles. The highest BCUT2D eigenvalue weighted by Crippen LogP contribution is 2.41. The molecule has 0 aromatic heterocycles. The molecule has 0 saturated heterocycles. The van der Waals surface area contributed by atoms with Crippen LogP contribution < -0.4 is 5.30 Å². The highest BCUT2D eigenvalue weighted by atomic mass is 35.5. The lowest BCUT2D eigenvalue weighted by molar-refractivity contribution is -0.385. The molecule has 0 atom stereocenters. The van der Waals surface area contributed by atoms with E-state index in [2.05, 4.69) is 0 Å². The van der Waals surface area contributed by atoms with Gasteiger partial charge in [-0.25, -0.2) is 0 Å². The highest BCUT2D eigenvalue weighted by Gasteiger charge is 2.22. The Morgan fingerprint density at radius 2 is 1.86 bits per heavy atom. The van der Waals surface area contributed by atoms with E-state index in [9.17, 15) is 19.8 Å². The highest BCUT2D eigenvalue weighted by molar-refractivity contribution is 7.60. The molecular weight excluding hydrogens is 321 g/mol. The van der Waals surface area contributed by atoms with E-state index >= 15 is 0 Å². The van der Waals surface area contributed by atoms with E-state index in [0.29, 0.717) is 0 Å². The van der Waals surface area contributed by atoms with Crippen LogP contribution in [-0.2, 0) is 4.57 Å². The van der Waals surface area contributed by atoms with Crippen LogP contribution in [0.25, 0.3) is 11.1 Å². The van der Waals surface area contributed by atoms with Gasteiger partial charge in [0.05, 0.1) is 10.2 Å². The first-order valence-electron chi connectivity index (χ1n) is 5.53. The molecule has 0 unspecified atom stereocenters. The number of phenolic OH excluding ortho intramolecular Hbond substituents is 1. The van der Waals surface area contributed by atoms with Gasteiger partial charge in [0.1, 0.15) is 0 Å². The van der Waals surface area contributed by atoms with E-state index in [-0.39, 0.29) is 21.5 Å². The third-order valence-corrected chi connectivity index (χ3v) is 3.91. The average molecular weight is 330 g/mol. The summed E-state index contributed by atoms with van der Waals surface area (Å²) in [5.74, 6) is -0.618. The van der Waals surface area contributed by atoms with Crippen molar-refractivity contribution in [3.8, 4) is 16.9 Å². The fourth-order valence-electron chi connectivity index (χ4n) is 1.80. The van der Waals surface area contributed by atoms with Gasteiger partial charge in [-0.3, -0.25) is 14.7 Å². The van der Waals surface area contributed by atoms with E-state index in [1.54, 1.807) is 0 Å². The van der Waals surface area contributed by atoms with Gasteiger partial charge < -0.3 is 14.9 Å². The molecule has 0 spiro atoms. The summed E-state index contributed by atoms with van der Waals surface area (Å²) in [5.41, 5.74) is -0.359. The zero-order valence-electron chi connectivity index (χ0n) is 10.3. The molecule has 2 rings (SSSR count). The molecule has 0 aliphatic heterocycles. The van der Waals surface area contributed by atoms with Crippen molar-refractivity contribution in [1.82, 2.24) is 0 Å². The van der Waals surface area contributed by atoms with Gasteiger partial charge in [-0.15, -0.1) is 0 Å². The van der Waals surface area contributed by atoms with Crippen LogP contribution in [0, 0.1) is 10.1 Å². The van der Waals surface area contributed by atoms with Crippen molar-refractivity contribution >= 4 is 30.2 Å². The monoisotopic (exact) mass is 329 g/mol. The number of nitro groups is 1. The zero-order chi connectivity index (χ0) is 15.8. The minimum absolute atomic E-state index is 0.0181. The summed E-state index contributed by atoms with van der Waals surface area (Å²) in [4.78, 5) is 28.3. The lowest BCUT2D eigenvalue weighted by atomic mass is 10.0. The summed E-state index contributed by atoms with van der Waals surface area (Å²) in [5, 5.41) is 20.5. The predicted molar refractivity (Wildman–Crippen MR) is 76.9 cm³/mol. The van der Waals surface area contributed by atoms with Gasteiger partial charge in [0, 0.05) is 16.7 Å². The molecule has 0 bridgehead atoms. The van der Waals surface area contributed by atoms with Gasteiger partial charge in [0.15, 0.2) is 0 Å². The van der Waals surface area contributed by atoms with Crippen LogP contribution in [0.2, 0.25) is 5.02 Å². The number of halogens is 1. The topological polar surface area (TPSA) is 121 Å². The Kier molecular flexibility index (Phi) is 4.02. The molecule has 2 aromatic rings. The number of phenols is 1. The standard InChI is InChI=1S/C12H9ClNO6P/c13-8-5-10(12(15)11(6-8)14(16)17)7-2-1-3-9(4-7)21(18,19)20/h1-6,15H,(H2,18,19,20). The first-order chi connectivity index (χ1) is 9.70. The summed E-state index contributed by atoms with van der Waals surface area (Å²) in [6.45, 7) is 0. The second-order valence-corrected chi connectivity index (χ2v) is 6.21. The second-order valence-electron chi connectivity index (χ2n) is 4.17. The number of nitro benzene ring substituents is 1. The number of benzene rings is 2. The van der Waals surface area contributed by atoms with Crippen molar-refractivity contribution in [3.05, 3.63) is 51.5 Å². The fourth-order valence-corrected chi connectivity index (χ4v) is 2.60. The Hall–Kier alpha value is -1.92. The Labute approximate surface area is 123 Å². The minimum atomic E-state index is -4.47. The molecule has 7 nitrogen and oxygen atoms in total. The largest absolute Gasteiger partial charge is 0.502 e. The van der Waals surface area contributed by atoms with Crippen molar-refractivity contribution < 1.29 is 24.4 Å². The molecule has 0 aliphatic carbocycles. The van der Waals surface area contributed by atoms with Crippen molar-refractivity contribution in [2.45, 2.75) is 0 Å². The molecule has 9 heteroatoms. The van der Waals surface area contributed by atoms with E-state index in [4.69, 9.17) is 21.4 Å². The van der Waals surface area contributed by atoms with Crippen LogP contribution in [-0.4, -0.2) is 19.8 Å². The maximum atomic E-state index is 11.2. The Morgan fingerprint density at radius 3 is 2.43 bits per heavy atom. The van der Waals surface area contributed by atoms with Crippen LogP contribution in [0.5, 0.6) is 5.75 Å². The second kappa shape index (κ2) is 5.46. The molecule has 0 aliphatic rings. The lowest BCUT2D eigenvalue weighted by Crippen LogP contribution is -2.03. The smallest absolute Gasteiger partial charge is 0.356 e. The summed E-state index contributed by atoms with van der Waals surface area (Å²) < 4.78 is 11.2. The summed E-state index contributed by atoms with van der Waals surface area (Å²) in [7, 11) is -4.47. The van der Waals surface area contributed by atoms with Crippen LogP contribution in [0.4, 0.5) is 5.69 Å². The molecule has 0 saturated carbocycles. The minimum Gasteiger partial charge on any atom is -0.502 e. The first-order valence-corrected chi connectivity index (χ1v) is 7.52. The van der Waals surface area contributed by atoms with Gasteiger partial charge >= 0.3 is 13.3 Å². The number of rotatable bonds is 3. The Bertz CT molecular complexity index is 772. The van der Waals surface area contributed by atoms with Crippen molar-refractivity contribution in [2.75, 3.05) is 0 Å². The van der Waals surface area contributed by atoms with E-state index in [1.807, 2.05) is 0 Å². The number of hydrogen-bond acceptors (Lipinski definition) is 4. The van der Waals surface area contributed by atoms with Crippen LogP contribution >= 0.6 is 19.2 Å². The molecular formula is C12H9ClNO6P. The summed E-state index contributed by atoms with van der Waals surface area (Å²) >= 11 is 5.78. The molecule has 3 N–H and O–H groups in total. The fraction of sp³-hybridized carbons (Fsp3) is 0. The number of nitrogens with zero attached hydrogens (tertiary/aromatic N) is 1. The molecule has 21 heavy (non-hydrogen) atoms. The van der Waals surface area contributed by atoms with E-state index in [0.717, 1.165) is 12.1 Å². The SMILES string of the molecule is O=[N+]([O-])c1cc(Cl)cc(-c2cccc(P(=O)(O)O)c2)c1O. The van der Waals surface area contributed by atoms with E-state index < -0.39 is 24.0 Å². The third kappa shape index (κ3) is 3.22. The lowest BCUT2D eigenvalue weighted by Gasteiger charge is -2.09.